The zero-order chi connectivity index (χ0) is 18.5. The minimum absolute atomic E-state index is 0.122. The summed E-state index contributed by atoms with van der Waals surface area (Å²) in [4.78, 5) is 33.3. The van der Waals surface area contributed by atoms with Crippen LogP contribution in [-0.4, -0.2) is 23.5 Å². The van der Waals surface area contributed by atoms with E-state index in [9.17, 15) is 19.7 Å². The summed E-state index contributed by atoms with van der Waals surface area (Å²) in [5.41, 5.74) is -0.122. The zero-order valence-corrected chi connectivity index (χ0v) is 14.6. The van der Waals surface area contributed by atoms with E-state index in [0.717, 1.165) is 19.3 Å². The zero-order valence-electron chi connectivity index (χ0n) is 14.6. The Kier molecular flexibility index (Phi) is 9.89. The Balaban J connectivity index is 2.13. The molecule has 0 aliphatic rings. The van der Waals surface area contributed by atoms with Gasteiger partial charge in [-0.15, -0.1) is 0 Å². The fraction of sp³-hybridized carbons (Fsp3) is 0.556. The van der Waals surface area contributed by atoms with Crippen LogP contribution in [0, 0.1) is 10.1 Å². The van der Waals surface area contributed by atoms with Gasteiger partial charge in [-0.05, 0) is 25.3 Å². The topological polar surface area (TPSA) is 95.7 Å². The molecular weight excluding hydrogens is 326 g/mol. The number of benzene rings is 1. The lowest BCUT2D eigenvalue weighted by Crippen LogP contribution is -2.08. The average molecular weight is 351 g/mol. The largest absolute Gasteiger partial charge is 0.466 e. The van der Waals surface area contributed by atoms with Crippen LogP contribution in [0.2, 0.25) is 0 Å². The molecule has 0 saturated carbocycles. The molecule has 25 heavy (non-hydrogen) atoms. The first-order valence-electron chi connectivity index (χ1n) is 8.63. The van der Waals surface area contributed by atoms with Crippen LogP contribution in [0.25, 0.3) is 0 Å². The Bertz CT molecular complexity index is 572. The molecule has 0 fully saturated rings. The number of carbonyl (C=O) groups excluding carboxylic acids is 2. The van der Waals surface area contributed by atoms with Crippen molar-refractivity contribution in [3.63, 3.8) is 0 Å². The van der Waals surface area contributed by atoms with Gasteiger partial charge in [0, 0.05) is 18.9 Å². The fourth-order valence-corrected chi connectivity index (χ4v) is 2.17. The summed E-state index contributed by atoms with van der Waals surface area (Å²) in [6, 6.07) is 5.51. The molecule has 7 heteroatoms. The second-order valence-corrected chi connectivity index (χ2v) is 5.72. The summed E-state index contributed by atoms with van der Waals surface area (Å²) in [7, 11) is 0. The highest BCUT2D eigenvalue weighted by atomic mass is 16.6. The highest BCUT2D eigenvalue weighted by molar-refractivity contribution is 5.72. The van der Waals surface area contributed by atoms with E-state index in [1.165, 1.54) is 24.3 Å². The Morgan fingerprint density at radius 1 is 1.04 bits per heavy atom. The van der Waals surface area contributed by atoms with Gasteiger partial charge in [0.1, 0.15) is 5.75 Å². The molecule has 0 bridgehead atoms. The monoisotopic (exact) mass is 351 g/mol. The maximum absolute atomic E-state index is 11.7. The summed E-state index contributed by atoms with van der Waals surface area (Å²) in [5, 5.41) is 10.7. The van der Waals surface area contributed by atoms with Gasteiger partial charge in [0.05, 0.1) is 17.6 Å². The molecule has 1 aromatic carbocycles. The number of carbonyl (C=O) groups is 2. The first-order valence-corrected chi connectivity index (χ1v) is 8.63. The van der Waals surface area contributed by atoms with E-state index in [0.29, 0.717) is 32.3 Å². The molecule has 0 atom stereocenters. The van der Waals surface area contributed by atoms with Crippen molar-refractivity contribution >= 4 is 17.6 Å². The number of unbranched alkanes of at least 4 members (excludes halogenated alkanes) is 4. The van der Waals surface area contributed by atoms with E-state index in [2.05, 4.69) is 6.92 Å². The minimum Gasteiger partial charge on any atom is -0.466 e. The summed E-state index contributed by atoms with van der Waals surface area (Å²) < 4.78 is 10.2. The van der Waals surface area contributed by atoms with Crippen molar-refractivity contribution in [1.82, 2.24) is 0 Å². The van der Waals surface area contributed by atoms with Gasteiger partial charge in [-0.25, -0.2) is 0 Å². The van der Waals surface area contributed by atoms with Crippen LogP contribution in [0.1, 0.15) is 58.3 Å². The Hall–Kier alpha value is -2.44. The second-order valence-electron chi connectivity index (χ2n) is 5.72. The van der Waals surface area contributed by atoms with Crippen LogP contribution < -0.4 is 4.74 Å². The Morgan fingerprint density at radius 2 is 1.76 bits per heavy atom. The van der Waals surface area contributed by atoms with Gasteiger partial charge in [0.15, 0.2) is 0 Å². The third-order valence-corrected chi connectivity index (χ3v) is 3.53. The highest BCUT2D eigenvalue weighted by Crippen LogP contribution is 2.19. The van der Waals surface area contributed by atoms with Crippen LogP contribution in [0.15, 0.2) is 24.3 Å². The van der Waals surface area contributed by atoms with Gasteiger partial charge in [-0.1, -0.05) is 32.3 Å². The summed E-state index contributed by atoms with van der Waals surface area (Å²) in [5.74, 6) is -0.479. The maximum Gasteiger partial charge on any atom is 0.311 e. The quantitative estimate of drug-likeness (QED) is 0.184. The Morgan fingerprint density at radius 3 is 2.44 bits per heavy atom. The molecule has 0 spiro atoms. The normalized spacial score (nSPS) is 10.3. The molecule has 0 aromatic heterocycles. The van der Waals surface area contributed by atoms with Crippen molar-refractivity contribution in [2.45, 2.75) is 58.3 Å². The fourth-order valence-electron chi connectivity index (χ4n) is 2.17. The number of nitro benzene ring substituents is 1. The number of nitrogens with zero attached hydrogens (tertiary/aromatic N) is 1. The molecule has 1 aromatic rings. The number of hydrogen-bond acceptors (Lipinski definition) is 6. The first kappa shape index (κ1) is 20.6. The van der Waals surface area contributed by atoms with Crippen molar-refractivity contribution in [1.29, 1.82) is 0 Å². The van der Waals surface area contributed by atoms with Crippen molar-refractivity contribution < 1.29 is 24.0 Å². The SMILES string of the molecule is CCCCCOC(=O)CCCCCC(=O)Oc1cccc([N+](=O)[O-])c1. The second kappa shape index (κ2) is 12.0. The lowest BCUT2D eigenvalue weighted by atomic mass is 10.1. The number of ether oxygens (including phenoxy) is 2. The molecule has 0 amide bonds. The van der Waals surface area contributed by atoms with Gasteiger partial charge in [0.25, 0.3) is 5.69 Å². The molecule has 0 heterocycles. The number of non-ortho nitro benzene ring substituents is 1. The maximum atomic E-state index is 11.7. The summed E-state index contributed by atoms with van der Waals surface area (Å²) in [6.45, 7) is 2.56. The number of nitro groups is 1. The minimum atomic E-state index is -0.543. The molecule has 0 unspecified atom stereocenters. The standard InChI is InChI=1S/C18H25NO6/c1-2-3-7-13-24-17(20)11-5-4-6-12-18(21)25-16-10-8-9-15(14-16)19(22)23/h8-10,14H,2-7,11-13H2,1H3. The molecule has 7 nitrogen and oxygen atoms in total. The van der Waals surface area contributed by atoms with Crippen LogP contribution in [-0.2, 0) is 14.3 Å². The smallest absolute Gasteiger partial charge is 0.311 e. The van der Waals surface area contributed by atoms with Gasteiger partial charge < -0.3 is 9.47 Å². The predicted octanol–water partition coefficient (Wildman–Crippen LogP) is 4.18. The van der Waals surface area contributed by atoms with Gasteiger partial charge in [0.2, 0.25) is 0 Å². The van der Waals surface area contributed by atoms with Crippen molar-refractivity contribution in [2.24, 2.45) is 0 Å². The molecule has 0 aliphatic heterocycles. The van der Waals surface area contributed by atoms with E-state index in [1.54, 1.807) is 0 Å². The van der Waals surface area contributed by atoms with E-state index in [4.69, 9.17) is 9.47 Å². The predicted molar refractivity (Wildman–Crippen MR) is 92.3 cm³/mol. The number of hydrogen-bond donors (Lipinski definition) is 0. The van der Waals surface area contributed by atoms with Crippen LogP contribution in [0.4, 0.5) is 5.69 Å². The highest BCUT2D eigenvalue weighted by Gasteiger charge is 2.10. The van der Waals surface area contributed by atoms with E-state index in [-0.39, 0.29) is 23.8 Å². The Labute approximate surface area is 147 Å². The molecule has 0 aliphatic carbocycles. The van der Waals surface area contributed by atoms with Gasteiger partial charge >= 0.3 is 11.9 Å². The third kappa shape index (κ3) is 9.44. The van der Waals surface area contributed by atoms with Gasteiger partial charge in [-0.3, -0.25) is 19.7 Å². The molecular formula is C18H25NO6. The van der Waals surface area contributed by atoms with Gasteiger partial charge in [-0.2, -0.15) is 0 Å². The first-order chi connectivity index (χ1) is 12.0. The van der Waals surface area contributed by atoms with Crippen LogP contribution in [0.3, 0.4) is 0 Å². The summed E-state index contributed by atoms with van der Waals surface area (Å²) in [6.07, 6.45) is 5.57. The molecule has 138 valence electrons. The van der Waals surface area contributed by atoms with Crippen molar-refractivity contribution in [3.8, 4) is 5.75 Å². The van der Waals surface area contributed by atoms with Crippen LogP contribution >= 0.6 is 0 Å². The van der Waals surface area contributed by atoms with Crippen LogP contribution in [0.5, 0.6) is 5.75 Å². The molecule has 0 saturated heterocycles. The van der Waals surface area contributed by atoms with Crippen molar-refractivity contribution in [2.75, 3.05) is 6.61 Å². The van der Waals surface area contributed by atoms with E-state index in [1.807, 2.05) is 0 Å². The third-order valence-electron chi connectivity index (χ3n) is 3.53. The number of rotatable bonds is 12. The summed E-state index contributed by atoms with van der Waals surface area (Å²) >= 11 is 0. The molecule has 0 N–H and O–H groups in total. The van der Waals surface area contributed by atoms with E-state index < -0.39 is 10.9 Å². The molecule has 0 radical (unpaired) electrons. The lowest BCUT2D eigenvalue weighted by molar-refractivity contribution is -0.384. The lowest BCUT2D eigenvalue weighted by Gasteiger charge is -2.05. The molecule has 1 rings (SSSR count). The number of esters is 2. The van der Waals surface area contributed by atoms with E-state index >= 15 is 0 Å². The van der Waals surface area contributed by atoms with Crippen molar-refractivity contribution in [3.05, 3.63) is 34.4 Å². The average Bonchev–Trinajstić information content (AvgIpc) is 2.58.